The minimum absolute atomic E-state index is 0.0445. The number of nitrogens with zero attached hydrogens (tertiary/aromatic N) is 2. The van der Waals surface area contributed by atoms with Crippen LogP contribution in [0.3, 0.4) is 0 Å². The van der Waals surface area contributed by atoms with E-state index < -0.39 is 0 Å². The normalized spacial score (nSPS) is 11.6. The molecule has 0 aromatic carbocycles. The van der Waals surface area contributed by atoms with Crippen molar-refractivity contribution in [3.8, 4) is 0 Å². The maximum atomic E-state index is 11.7. The molecule has 4 nitrogen and oxygen atoms in total. The second-order valence-electron chi connectivity index (χ2n) is 5.60. The van der Waals surface area contributed by atoms with Crippen molar-refractivity contribution in [3.63, 3.8) is 0 Å². The fourth-order valence-electron chi connectivity index (χ4n) is 1.48. The second kappa shape index (κ2) is 5.34. The number of hydrogen-bond donors (Lipinski definition) is 1. The average molecular weight is 237 g/mol. The average Bonchev–Trinajstić information content (AvgIpc) is 2.56. The summed E-state index contributed by atoms with van der Waals surface area (Å²) in [6.07, 6.45) is 2.85. The van der Waals surface area contributed by atoms with E-state index in [0.29, 0.717) is 13.1 Å². The first-order chi connectivity index (χ1) is 7.81. The zero-order chi connectivity index (χ0) is 13.1. The standard InChI is InChI=1S/C13H23N3O/c1-6-11-7-16(10(2)15-11)8-12(17)14-9-13(3,4)5/h7H,6,8-9H2,1-5H3,(H,14,17). The summed E-state index contributed by atoms with van der Waals surface area (Å²) in [5.74, 6) is 0.941. The number of amides is 1. The van der Waals surface area contributed by atoms with E-state index in [1.807, 2.05) is 17.7 Å². The number of aryl methyl sites for hydroxylation is 2. The van der Waals surface area contributed by atoms with E-state index in [1.165, 1.54) is 0 Å². The Kier molecular flexibility index (Phi) is 4.32. The number of imidazole rings is 1. The van der Waals surface area contributed by atoms with Crippen molar-refractivity contribution >= 4 is 5.91 Å². The van der Waals surface area contributed by atoms with Gasteiger partial charge in [-0.1, -0.05) is 27.7 Å². The fourth-order valence-corrected chi connectivity index (χ4v) is 1.48. The third-order valence-corrected chi connectivity index (χ3v) is 2.52. The largest absolute Gasteiger partial charge is 0.354 e. The number of hydrogen-bond acceptors (Lipinski definition) is 2. The van der Waals surface area contributed by atoms with Gasteiger partial charge in [-0.05, 0) is 18.8 Å². The van der Waals surface area contributed by atoms with Crippen molar-refractivity contribution in [2.45, 2.75) is 47.6 Å². The molecule has 17 heavy (non-hydrogen) atoms. The highest BCUT2D eigenvalue weighted by Crippen LogP contribution is 2.10. The molecule has 0 bridgehead atoms. The molecule has 1 heterocycles. The third kappa shape index (κ3) is 4.59. The van der Waals surface area contributed by atoms with Gasteiger partial charge in [-0.3, -0.25) is 4.79 Å². The number of carbonyl (C=O) groups excluding carboxylic acids is 1. The Hall–Kier alpha value is -1.32. The quantitative estimate of drug-likeness (QED) is 0.869. The molecule has 96 valence electrons. The van der Waals surface area contributed by atoms with Gasteiger partial charge in [0, 0.05) is 12.7 Å². The minimum atomic E-state index is 0.0445. The van der Waals surface area contributed by atoms with E-state index in [1.54, 1.807) is 0 Å². The van der Waals surface area contributed by atoms with Gasteiger partial charge in [-0.2, -0.15) is 0 Å². The fraction of sp³-hybridized carbons (Fsp3) is 0.692. The van der Waals surface area contributed by atoms with Crippen LogP contribution in [-0.2, 0) is 17.8 Å². The summed E-state index contributed by atoms with van der Waals surface area (Å²) in [5.41, 5.74) is 1.15. The van der Waals surface area contributed by atoms with Crippen LogP contribution in [0.1, 0.15) is 39.2 Å². The number of rotatable bonds is 4. The van der Waals surface area contributed by atoms with E-state index in [9.17, 15) is 4.79 Å². The lowest BCUT2D eigenvalue weighted by molar-refractivity contribution is -0.122. The molecule has 0 aliphatic heterocycles. The maximum Gasteiger partial charge on any atom is 0.240 e. The van der Waals surface area contributed by atoms with Crippen LogP contribution in [0.5, 0.6) is 0 Å². The Morgan fingerprint density at radius 3 is 2.59 bits per heavy atom. The lowest BCUT2D eigenvalue weighted by Gasteiger charge is -2.18. The Morgan fingerprint density at radius 2 is 2.12 bits per heavy atom. The molecule has 0 radical (unpaired) electrons. The molecule has 0 saturated heterocycles. The summed E-state index contributed by atoms with van der Waals surface area (Å²) in [7, 11) is 0. The van der Waals surface area contributed by atoms with Crippen LogP contribution in [0.15, 0.2) is 6.20 Å². The van der Waals surface area contributed by atoms with Gasteiger partial charge in [-0.25, -0.2) is 4.98 Å². The monoisotopic (exact) mass is 237 g/mol. The van der Waals surface area contributed by atoms with Crippen molar-refractivity contribution in [2.75, 3.05) is 6.54 Å². The summed E-state index contributed by atoms with van der Waals surface area (Å²) in [4.78, 5) is 16.1. The predicted molar refractivity (Wildman–Crippen MR) is 68.8 cm³/mol. The third-order valence-electron chi connectivity index (χ3n) is 2.52. The molecule has 0 saturated carbocycles. The highest BCUT2D eigenvalue weighted by atomic mass is 16.1. The molecule has 1 rings (SSSR count). The summed E-state index contributed by atoms with van der Waals surface area (Å²) in [6.45, 7) is 11.3. The Balaban J connectivity index is 2.53. The van der Waals surface area contributed by atoms with Crippen LogP contribution in [0.25, 0.3) is 0 Å². The Bertz CT molecular complexity index is 388. The summed E-state index contributed by atoms with van der Waals surface area (Å²) >= 11 is 0. The van der Waals surface area contributed by atoms with Crippen LogP contribution in [0.2, 0.25) is 0 Å². The second-order valence-corrected chi connectivity index (χ2v) is 5.60. The molecule has 0 aliphatic rings. The molecule has 0 fully saturated rings. The number of aromatic nitrogens is 2. The van der Waals surface area contributed by atoms with Crippen LogP contribution < -0.4 is 5.32 Å². The van der Waals surface area contributed by atoms with Gasteiger partial charge in [0.2, 0.25) is 5.91 Å². The zero-order valence-electron chi connectivity index (χ0n) is 11.5. The van der Waals surface area contributed by atoms with Gasteiger partial charge < -0.3 is 9.88 Å². The molecule has 0 spiro atoms. The molecular weight excluding hydrogens is 214 g/mol. The molecule has 0 aliphatic carbocycles. The Labute approximate surface area is 103 Å². The van der Waals surface area contributed by atoms with E-state index in [2.05, 4.69) is 38.0 Å². The lowest BCUT2D eigenvalue weighted by atomic mass is 9.97. The highest BCUT2D eigenvalue weighted by Gasteiger charge is 2.13. The molecule has 4 heteroatoms. The molecule has 1 aromatic heterocycles. The number of nitrogens with one attached hydrogen (secondary N) is 1. The van der Waals surface area contributed by atoms with E-state index in [-0.39, 0.29) is 11.3 Å². The molecule has 1 N–H and O–H groups in total. The van der Waals surface area contributed by atoms with E-state index >= 15 is 0 Å². The Morgan fingerprint density at radius 1 is 1.47 bits per heavy atom. The van der Waals surface area contributed by atoms with Crippen molar-refractivity contribution in [3.05, 3.63) is 17.7 Å². The SMILES string of the molecule is CCc1cn(CC(=O)NCC(C)(C)C)c(C)n1. The van der Waals surface area contributed by atoms with E-state index in [0.717, 1.165) is 17.9 Å². The van der Waals surface area contributed by atoms with Crippen molar-refractivity contribution in [2.24, 2.45) is 5.41 Å². The van der Waals surface area contributed by atoms with Gasteiger partial charge in [0.1, 0.15) is 12.4 Å². The maximum absolute atomic E-state index is 11.7. The molecular formula is C13H23N3O. The first-order valence-corrected chi connectivity index (χ1v) is 6.11. The van der Waals surface area contributed by atoms with E-state index in [4.69, 9.17) is 0 Å². The van der Waals surface area contributed by atoms with Crippen LogP contribution in [0.4, 0.5) is 0 Å². The van der Waals surface area contributed by atoms with Crippen molar-refractivity contribution in [1.29, 1.82) is 0 Å². The first-order valence-electron chi connectivity index (χ1n) is 6.11. The topological polar surface area (TPSA) is 46.9 Å². The van der Waals surface area contributed by atoms with Crippen molar-refractivity contribution in [1.82, 2.24) is 14.9 Å². The van der Waals surface area contributed by atoms with Crippen LogP contribution >= 0.6 is 0 Å². The molecule has 1 amide bonds. The van der Waals surface area contributed by atoms with Gasteiger partial charge in [0.05, 0.1) is 5.69 Å². The van der Waals surface area contributed by atoms with Crippen LogP contribution in [-0.4, -0.2) is 22.0 Å². The molecule has 0 atom stereocenters. The van der Waals surface area contributed by atoms with Gasteiger partial charge in [0.15, 0.2) is 0 Å². The predicted octanol–water partition coefficient (Wildman–Crippen LogP) is 1.92. The first kappa shape index (κ1) is 13.7. The van der Waals surface area contributed by atoms with Crippen LogP contribution in [0, 0.1) is 12.3 Å². The van der Waals surface area contributed by atoms with Gasteiger partial charge in [0.25, 0.3) is 0 Å². The lowest BCUT2D eigenvalue weighted by Crippen LogP contribution is -2.34. The zero-order valence-corrected chi connectivity index (χ0v) is 11.5. The summed E-state index contributed by atoms with van der Waals surface area (Å²) in [6, 6.07) is 0. The van der Waals surface area contributed by atoms with Crippen molar-refractivity contribution < 1.29 is 4.79 Å². The smallest absolute Gasteiger partial charge is 0.240 e. The minimum Gasteiger partial charge on any atom is -0.354 e. The van der Waals surface area contributed by atoms with Gasteiger partial charge in [-0.15, -0.1) is 0 Å². The number of carbonyl (C=O) groups is 1. The van der Waals surface area contributed by atoms with Gasteiger partial charge >= 0.3 is 0 Å². The molecule has 1 aromatic rings. The molecule has 0 unspecified atom stereocenters. The summed E-state index contributed by atoms with van der Waals surface area (Å²) in [5, 5.41) is 2.94. The summed E-state index contributed by atoms with van der Waals surface area (Å²) < 4.78 is 1.90. The highest BCUT2D eigenvalue weighted by molar-refractivity contribution is 5.75.